The number of hydrogen-bond donors (Lipinski definition) is 2. The summed E-state index contributed by atoms with van der Waals surface area (Å²) in [6, 6.07) is 0.304. The van der Waals surface area contributed by atoms with Crippen LogP contribution < -0.4 is 10.6 Å². The van der Waals surface area contributed by atoms with E-state index in [1.807, 2.05) is 0 Å². The molecule has 0 aliphatic carbocycles. The summed E-state index contributed by atoms with van der Waals surface area (Å²) in [6.07, 6.45) is 1.05. The van der Waals surface area contributed by atoms with Gasteiger partial charge in [-0.2, -0.15) is 0 Å². The van der Waals surface area contributed by atoms with Crippen LogP contribution in [0.3, 0.4) is 0 Å². The van der Waals surface area contributed by atoms with Crippen molar-refractivity contribution in [1.29, 1.82) is 0 Å². The molecule has 1 fully saturated rings. The van der Waals surface area contributed by atoms with Gasteiger partial charge >= 0.3 is 0 Å². The summed E-state index contributed by atoms with van der Waals surface area (Å²) in [4.78, 5) is 14.2. The Labute approximate surface area is 111 Å². The fourth-order valence-electron chi connectivity index (χ4n) is 2.11. The van der Waals surface area contributed by atoms with Gasteiger partial charge in [0.25, 0.3) is 0 Å². The second-order valence-corrected chi connectivity index (χ2v) is 7.27. The van der Waals surface area contributed by atoms with Crippen LogP contribution in [0.5, 0.6) is 0 Å². The molecule has 106 valence electrons. The molecule has 2 N–H and O–H groups in total. The van der Waals surface area contributed by atoms with Crippen LogP contribution >= 0.6 is 0 Å². The van der Waals surface area contributed by atoms with Crippen molar-refractivity contribution in [2.45, 2.75) is 65.1 Å². The van der Waals surface area contributed by atoms with Gasteiger partial charge in [0.1, 0.15) is 0 Å². The van der Waals surface area contributed by atoms with Crippen LogP contribution in [-0.4, -0.2) is 47.6 Å². The molecule has 1 rings (SSSR count). The lowest BCUT2D eigenvalue weighted by molar-refractivity contribution is -0.121. The molecule has 0 saturated carbocycles. The molecule has 4 heteroatoms. The standard InChI is InChI=1S/C14H29N3O/c1-13(2,3)15-9-12(18)16-11-7-8-17(10-11)14(4,5)6/h11,15H,7-10H2,1-6H3,(H,16,18)/t11-/m0/s1. The highest BCUT2D eigenvalue weighted by atomic mass is 16.2. The van der Waals surface area contributed by atoms with E-state index in [1.165, 1.54) is 0 Å². The third-order valence-electron chi connectivity index (χ3n) is 3.28. The first kappa shape index (κ1) is 15.4. The van der Waals surface area contributed by atoms with Gasteiger partial charge in [-0.3, -0.25) is 9.69 Å². The van der Waals surface area contributed by atoms with Crippen LogP contribution in [0.25, 0.3) is 0 Å². The largest absolute Gasteiger partial charge is 0.351 e. The zero-order valence-corrected chi connectivity index (χ0v) is 12.8. The molecule has 0 aromatic heterocycles. The Morgan fingerprint density at radius 2 is 1.83 bits per heavy atom. The van der Waals surface area contributed by atoms with Gasteiger partial charge in [0, 0.05) is 30.2 Å². The van der Waals surface area contributed by atoms with Crippen LogP contribution in [-0.2, 0) is 4.79 Å². The molecule has 0 aromatic rings. The second kappa shape index (κ2) is 5.57. The Kier molecular flexibility index (Phi) is 4.78. The lowest BCUT2D eigenvalue weighted by atomic mass is 10.1. The van der Waals surface area contributed by atoms with E-state index in [2.05, 4.69) is 57.1 Å². The number of carbonyl (C=O) groups excluding carboxylic acids is 1. The van der Waals surface area contributed by atoms with Crippen LogP contribution in [0.1, 0.15) is 48.0 Å². The Morgan fingerprint density at radius 3 is 2.28 bits per heavy atom. The number of nitrogens with zero attached hydrogens (tertiary/aromatic N) is 1. The molecule has 0 unspecified atom stereocenters. The monoisotopic (exact) mass is 255 g/mol. The highest BCUT2D eigenvalue weighted by Crippen LogP contribution is 2.20. The Balaban J connectivity index is 2.31. The minimum atomic E-state index is -0.00946. The van der Waals surface area contributed by atoms with Gasteiger partial charge in [0.2, 0.25) is 5.91 Å². The number of amides is 1. The highest BCUT2D eigenvalue weighted by Gasteiger charge is 2.30. The number of carbonyl (C=O) groups is 1. The maximum atomic E-state index is 11.8. The topological polar surface area (TPSA) is 44.4 Å². The van der Waals surface area contributed by atoms with Crippen molar-refractivity contribution in [2.24, 2.45) is 0 Å². The molecule has 1 aliphatic heterocycles. The Hall–Kier alpha value is -0.610. The van der Waals surface area contributed by atoms with E-state index >= 15 is 0 Å². The van der Waals surface area contributed by atoms with Crippen molar-refractivity contribution in [3.05, 3.63) is 0 Å². The van der Waals surface area contributed by atoms with Crippen molar-refractivity contribution >= 4 is 5.91 Å². The maximum absolute atomic E-state index is 11.8. The maximum Gasteiger partial charge on any atom is 0.234 e. The first-order valence-corrected chi connectivity index (χ1v) is 6.87. The molecule has 0 radical (unpaired) electrons. The second-order valence-electron chi connectivity index (χ2n) is 7.27. The Morgan fingerprint density at radius 1 is 1.22 bits per heavy atom. The van der Waals surface area contributed by atoms with Crippen LogP contribution in [0.4, 0.5) is 0 Å². The van der Waals surface area contributed by atoms with Crippen LogP contribution in [0.2, 0.25) is 0 Å². The van der Waals surface area contributed by atoms with Gasteiger partial charge in [0.15, 0.2) is 0 Å². The summed E-state index contributed by atoms with van der Waals surface area (Å²) in [5, 5.41) is 6.32. The fraction of sp³-hybridized carbons (Fsp3) is 0.929. The SMILES string of the molecule is CC(C)(C)NCC(=O)N[C@H]1CCN(C(C)(C)C)C1. The normalized spacial score (nSPS) is 22.2. The van der Waals surface area contributed by atoms with Crippen molar-refractivity contribution < 1.29 is 4.79 Å². The van der Waals surface area contributed by atoms with Gasteiger partial charge in [-0.25, -0.2) is 0 Å². The smallest absolute Gasteiger partial charge is 0.234 e. The van der Waals surface area contributed by atoms with Gasteiger partial charge in [-0.1, -0.05) is 0 Å². The number of likely N-dealkylation sites (tertiary alicyclic amines) is 1. The number of hydrogen-bond acceptors (Lipinski definition) is 3. The number of rotatable bonds is 3. The quantitative estimate of drug-likeness (QED) is 0.800. The minimum absolute atomic E-state index is 0.00946. The van der Waals surface area contributed by atoms with Crippen molar-refractivity contribution in [3.8, 4) is 0 Å². The zero-order valence-electron chi connectivity index (χ0n) is 12.8. The summed E-state index contributed by atoms with van der Waals surface area (Å²) >= 11 is 0. The molecule has 1 heterocycles. The fourth-order valence-corrected chi connectivity index (χ4v) is 2.11. The van der Waals surface area contributed by atoms with E-state index < -0.39 is 0 Å². The van der Waals surface area contributed by atoms with E-state index in [0.29, 0.717) is 12.6 Å². The summed E-state index contributed by atoms with van der Waals surface area (Å²) in [5.74, 6) is 0.102. The number of nitrogens with one attached hydrogen (secondary N) is 2. The van der Waals surface area contributed by atoms with Crippen molar-refractivity contribution in [2.75, 3.05) is 19.6 Å². The van der Waals surface area contributed by atoms with E-state index in [-0.39, 0.29) is 17.0 Å². The van der Waals surface area contributed by atoms with Gasteiger partial charge in [-0.05, 0) is 48.0 Å². The molecule has 0 spiro atoms. The third-order valence-corrected chi connectivity index (χ3v) is 3.28. The van der Waals surface area contributed by atoms with Crippen LogP contribution in [0, 0.1) is 0 Å². The predicted octanol–water partition coefficient (Wildman–Crippen LogP) is 1.36. The molecule has 0 bridgehead atoms. The van der Waals surface area contributed by atoms with Crippen LogP contribution in [0.15, 0.2) is 0 Å². The molecule has 1 saturated heterocycles. The van der Waals surface area contributed by atoms with E-state index in [1.54, 1.807) is 0 Å². The summed E-state index contributed by atoms with van der Waals surface area (Å²) < 4.78 is 0. The Bertz CT molecular complexity index is 288. The van der Waals surface area contributed by atoms with Gasteiger partial charge < -0.3 is 10.6 Å². The predicted molar refractivity (Wildman–Crippen MR) is 75.6 cm³/mol. The molecule has 0 aromatic carbocycles. The summed E-state index contributed by atoms with van der Waals surface area (Å²) in [6.45, 7) is 15.3. The molecule has 18 heavy (non-hydrogen) atoms. The first-order valence-electron chi connectivity index (χ1n) is 6.87. The van der Waals surface area contributed by atoms with Gasteiger partial charge in [-0.15, -0.1) is 0 Å². The van der Waals surface area contributed by atoms with Gasteiger partial charge in [0.05, 0.1) is 6.54 Å². The van der Waals surface area contributed by atoms with E-state index in [4.69, 9.17) is 0 Å². The molecule has 4 nitrogen and oxygen atoms in total. The molecular weight excluding hydrogens is 226 g/mol. The molecular formula is C14H29N3O. The third kappa shape index (κ3) is 5.36. The highest BCUT2D eigenvalue weighted by molar-refractivity contribution is 5.78. The molecule has 1 aliphatic rings. The lowest BCUT2D eigenvalue weighted by Crippen LogP contribution is -2.47. The average Bonchev–Trinajstić information content (AvgIpc) is 2.61. The average molecular weight is 255 g/mol. The zero-order chi connectivity index (χ0) is 14.0. The first-order chi connectivity index (χ1) is 8.08. The van der Waals surface area contributed by atoms with E-state index in [0.717, 1.165) is 19.5 Å². The lowest BCUT2D eigenvalue weighted by Gasteiger charge is -2.31. The summed E-state index contributed by atoms with van der Waals surface area (Å²) in [7, 11) is 0. The van der Waals surface area contributed by atoms with Crippen molar-refractivity contribution in [3.63, 3.8) is 0 Å². The summed E-state index contributed by atoms with van der Waals surface area (Å²) in [5.41, 5.74) is 0.188. The van der Waals surface area contributed by atoms with Crippen molar-refractivity contribution in [1.82, 2.24) is 15.5 Å². The minimum Gasteiger partial charge on any atom is -0.351 e. The van der Waals surface area contributed by atoms with E-state index in [9.17, 15) is 4.79 Å². The molecule has 1 amide bonds. The molecule has 1 atom stereocenters.